The molecular weight excluding hydrogens is 392 g/mol. The van der Waals surface area contributed by atoms with Crippen LogP contribution in [0.2, 0.25) is 0 Å². The van der Waals surface area contributed by atoms with Gasteiger partial charge in [0.2, 0.25) is 0 Å². The summed E-state index contributed by atoms with van der Waals surface area (Å²) in [7, 11) is 0. The predicted molar refractivity (Wildman–Crippen MR) is 82.7 cm³/mol. The number of halogens is 4. The van der Waals surface area contributed by atoms with Crippen LogP contribution in [-0.4, -0.2) is 9.97 Å². The number of alkyl halides is 3. The summed E-state index contributed by atoms with van der Waals surface area (Å²) in [5.74, 6) is 0. The van der Waals surface area contributed by atoms with Gasteiger partial charge in [-0.25, -0.2) is 9.97 Å². The maximum absolute atomic E-state index is 12.8. The summed E-state index contributed by atoms with van der Waals surface area (Å²) in [5.41, 5.74) is -0.0166. The van der Waals surface area contributed by atoms with E-state index in [1.807, 2.05) is 36.4 Å². The molecule has 1 aromatic heterocycles. The molecule has 1 heterocycles. The number of hydrogen-bond donors (Lipinski definition) is 0. The van der Waals surface area contributed by atoms with E-state index in [4.69, 9.17) is 0 Å². The summed E-state index contributed by atoms with van der Waals surface area (Å²) >= 11 is 1.69. The van der Waals surface area contributed by atoms with Gasteiger partial charge in [-0.2, -0.15) is 13.2 Å². The average Bonchev–Trinajstić information content (AvgIpc) is 2.45. The highest BCUT2D eigenvalue weighted by Crippen LogP contribution is 2.31. The molecule has 0 atom stereocenters. The molecule has 3 rings (SSSR count). The summed E-state index contributed by atoms with van der Waals surface area (Å²) in [6, 6.07) is 14.1. The molecule has 0 aliphatic carbocycles. The van der Waals surface area contributed by atoms with Crippen molar-refractivity contribution >= 4 is 33.4 Å². The first-order valence-electron chi connectivity index (χ1n) is 6.04. The minimum atomic E-state index is -4.48. The Morgan fingerprint density at radius 1 is 0.857 bits per heavy atom. The van der Waals surface area contributed by atoms with E-state index in [0.29, 0.717) is 5.56 Å². The van der Waals surface area contributed by atoms with Crippen molar-refractivity contribution in [1.29, 1.82) is 0 Å². The molecule has 0 N–H and O–H groups in total. The van der Waals surface area contributed by atoms with E-state index in [1.165, 1.54) is 0 Å². The first kappa shape index (κ1) is 14.2. The van der Waals surface area contributed by atoms with Crippen LogP contribution in [-0.2, 0) is 6.18 Å². The van der Waals surface area contributed by atoms with Gasteiger partial charge in [-0.1, -0.05) is 36.4 Å². The molecule has 0 saturated carbocycles. The zero-order valence-electron chi connectivity index (χ0n) is 10.5. The van der Waals surface area contributed by atoms with E-state index in [9.17, 15) is 13.2 Å². The Morgan fingerprint density at radius 3 is 2.29 bits per heavy atom. The van der Waals surface area contributed by atoms with Crippen molar-refractivity contribution in [3.05, 3.63) is 58.1 Å². The second kappa shape index (κ2) is 5.25. The van der Waals surface area contributed by atoms with Crippen LogP contribution in [0.5, 0.6) is 0 Å². The highest BCUT2D eigenvalue weighted by atomic mass is 127. The molecule has 0 saturated heterocycles. The van der Waals surface area contributed by atoms with E-state index in [1.54, 1.807) is 28.7 Å². The monoisotopic (exact) mass is 400 g/mol. The van der Waals surface area contributed by atoms with E-state index in [2.05, 4.69) is 9.97 Å². The lowest BCUT2D eigenvalue weighted by molar-refractivity contribution is -0.141. The molecule has 0 fully saturated rings. The summed E-state index contributed by atoms with van der Waals surface area (Å²) in [4.78, 5) is 7.54. The molecule has 2 aromatic carbocycles. The molecule has 0 aliphatic heterocycles. The molecule has 0 radical (unpaired) electrons. The van der Waals surface area contributed by atoms with Crippen LogP contribution in [0.1, 0.15) is 5.69 Å². The molecule has 0 bridgehead atoms. The third-order valence-electron chi connectivity index (χ3n) is 3.03. The van der Waals surface area contributed by atoms with Crippen molar-refractivity contribution in [2.45, 2.75) is 6.18 Å². The molecule has 0 unspecified atom stereocenters. The number of fused-ring (bicyclic) bond motifs is 1. The van der Waals surface area contributed by atoms with Gasteiger partial charge in [-0.3, -0.25) is 0 Å². The van der Waals surface area contributed by atoms with Crippen molar-refractivity contribution in [2.75, 3.05) is 0 Å². The minimum Gasteiger partial charge on any atom is -0.223 e. The zero-order chi connectivity index (χ0) is 15.0. The normalized spacial score (nSPS) is 11.8. The highest BCUT2D eigenvalue weighted by Gasteiger charge is 2.33. The molecule has 0 aliphatic rings. The van der Waals surface area contributed by atoms with Gasteiger partial charge in [0.1, 0.15) is 5.69 Å². The Bertz CT molecular complexity index is 815. The number of hydrogen-bond acceptors (Lipinski definition) is 2. The maximum atomic E-state index is 12.8. The van der Waals surface area contributed by atoms with Gasteiger partial charge >= 0.3 is 6.18 Å². The van der Waals surface area contributed by atoms with Crippen LogP contribution < -0.4 is 0 Å². The number of nitrogens with zero attached hydrogens (tertiary/aromatic N) is 2. The topological polar surface area (TPSA) is 25.8 Å². The van der Waals surface area contributed by atoms with Gasteiger partial charge in [0.15, 0.2) is 3.83 Å². The van der Waals surface area contributed by atoms with Crippen molar-refractivity contribution in [3.8, 4) is 11.3 Å². The number of rotatable bonds is 1. The third kappa shape index (κ3) is 2.99. The second-order valence-electron chi connectivity index (χ2n) is 4.47. The standard InChI is InChI=1S/C15H8F3IN2/c16-15(17,18)13-8-12(20-14(19)21-13)11-6-5-9-3-1-2-4-10(9)7-11/h1-8H. The number of benzene rings is 2. The van der Waals surface area contributed by atoms with Crippen molar-refractivity contribution < 1.29 is 13.2 Å². The molecule has 2 nitrogen and oxygen atoms in total. The molecule has 106 valence electrons. The third-order valence-corrected chi connectivity index (χ3v) is 3.52. The van der Waals surface area contributed by atoms with E-state index < -0.39 is 11.9 Å². The zero-order valence-corrected chi connectivity index (χ0v) is 12.7. The fourth-order valence-corrected chi connectivity index (χ4v) is 2.58. The van der Waals surface area contributed by atoms with E-state index >= 15 is 0 Å². The van der Waals surface area contributed by atoms with Crippen LogP contribution in [0, 0.1) is 3.83 Å². The highest BCUT2D eigenvalue weighted by molar-refractivity contribution is 14.1. The molecule has 6 heteroatoms. The SMILES string of the molecule is FC(F)(F)c1cc(-c2ccc3ccccc3c2)nc(I)n1. The van der Waals surface area contributed by atoms with Crippen LogP contribution >= 0.6 is 22.6 Å². The minimum absolute atomic E-state index is 0.0746. The molecular formula is C15H8F3IN2. The summed E-state index contributed by atoms with van der Waals surface area (Å²) < 4.78 is 38.5. The predicted octanol–water partition coefficient (Wildman–Crippen LogP) is 4.92. The molecule has 0 spiro atoms. The smallest absolute Gasteiger partial charge is 0.223 e. The van der Waals surface area contributed by atoms with Crippen LogP contribution in [0.4, 0.5) is 13.2 Å². The number of aromatic nitrogens is 2. The fourth-order valence-electron chi connectivity index (χ4n) is 2.06. The quantitative estimate of drug-likeness (QED) is 0.428. The lowest BCUT2D eigenvalue weighted by atomic mass is 10.0. The Kier molecular flexibility index (Phi) is 3.56. The first-order chi connectivity index (χ1) is 9.93. The largest absolute Gasteiger partial charge is 0.433 e. The van der Waals surface area contributed by atoms with Gasteiger partial charge < -0.3 is 0 Å². The summed E-state index contributed by atoms with van der Waals surface area (Å²) in [5, 5.41) is 1.98. The van der Waals surface area contributed by atoms with Crippen molar-refractivity contribution in [1.82, 2.24) is 9.97 Å². The summed E-state index contributed by atoms with van der Waals surface area (Å²) in [6.45, 7) is 0. The second-order valence-corrected chi connectivity index (χ2v) is 5.43. The first-order valence-corrected chi connectivity index (χ1v) is 7.12. The Balaban J connectivity index is 2.16. The Hall–Kier alpha value is -1.70. The summed E-state index contributed by atoms with van der Waals surface area (Å²) in [6.07, 6.45) is -4.48. The average molecular weight is 400 g/mol. The lowest BCUT2D eigenvalue weighted by Crippen LogP contribution is -2.10. The van der Waals surface area contributed by atoms with Crippen LogP contribution in [0.3, 0.4) is 0 Å². The van der Waals surface area contributed by atoms with E-state index in [0.717, 1.165) is 16.8 Å². The van der Waals surface area contributed by atoms with Gasteiger partial charge in [0.25, 0.3) is 0 Å². The van der Waals surface area contributed by atoms with Gasteiger partial charge in [-0.15, -0.1) is 0 Å². The van der Waals surface area contributed by atoms with E-state index in [-0.39, 0.29) is 9.53 Å². The Labute approximate surface area is 132 Å². The van der Waals surface area contributed by atoms with Crippen molar-refractivity contribution in [3.63, 3.8) is 0 Å². The van der Waals surface area contributed by atoms with Gasteiger partial charge in [0, 0.05) is 28.2 Å². The maximum Gasteiger partial charge on any atom is 0.433 e. The molecule has 21 heavy (non-hydrogen) atoms. The van der Waals surface area contributed by atoms with Crippen LogP contribution in [0.25, 0.3) is 22.0 Å². The molecule has 0 amide bonds. The van der Waals surface area contributed by atoms with Crippen molar-refractivity contribution in [2.24, 2.45) is 0 Å². The van der Waals surface area contributed by atoms with Gasteiger partial charge in [-0.05, 0) is 22.9 Å². The Morgan fingerprint density at radius 2 is 1.57 bits per heavy atom. The van der Waals surface area contributed by atoms with Gasteiger partial charge in [0.05, 0.1) is 5.69 Å². The fraction of sp³-hybridized carbons (Fsp3) is 0.0667. The lowest BCUT2D eigenvalue weighted by Gasteiger charge is -2.09. The molecule has 3 aromatic rings. The van der Waals surface area contributed by atoms with Crippen LogP contribution in [0.15, 0.2) is 48.5 Å².